The number of thiophene rings is 1. The Balaban J connectivity index is 1.70. The lowest BCUT2D eigenvalue weighted by molar-refractivity contribution is 0.103. The number of anilines is 1. The largest absolute Gasteiger partial charge is 0.319 e. The van der Waals surface area contributed by atoms with E-state index in [0.717, 1.165) is 27.7 Å². The number of fused-ring (bicyclic) bond motifs is 1. The van der Waals surface area contributed by atoms with Gasteiger partial charge >= 0.3 is 0 Å². The highest BCUT2D eigenvalue weighted by atomic mass is 32.1. The summed E-state index contributed by atoms with van der Waals surface area (Å²) in [4.78, 5) is 17.9. The van der Waals surface area contributed by atoms with E-state index in [1.54, 1.807) is 6.20 Å². The molecule has 1 N–H and O–H groups in total. The predicted octanol–water partition coefficient (Wildman–Crippen LogP) is 5.22. The number of carbonyl (C=O) groups excluding carboxylic acids is 1. The van der Waals surface area contributed by atoms with E-state index in [1.807, 2.05) is 72.1 Å². The smallest absolute Gasteiger partial charge is 0.266 e. The molecule has 0 atom stereocenters. The quantitative estimate of drug-likeness (QED) is 0.560. The van der Waals surface area contributed by atoms with Crippen LogP contribution in [0, 0.1) is 0 Å². The molecule has 2 heterocycles. The van der Waals surface area contributed by atoms with Crippen molar-refractivity contribution in [3.63, 3.8) is 0 Å². The van der Waals surface area contributed by atoms with Crippen LogP contribution >= 0.6 is 11.3 Å². The summed E-state index contributed by atoms with van der Waals surface area (Å²) in [5.41, 5.74) is 3.52. The maximum Gasteiger partial charge on any atom is 0.266 e. The Morgan fingerprint density at radius 3 is 2.62 bits per heavy atom. The number of hydrogen-bond donors (Lipinski definition) is 1. The van der Waals surface area contributed by atoms with Crippen LogP contribution in [0.3, 0.4) is 0 Å². The van der Waals surface area contributed by atoms with E-state index in [0.29, 0.717) is 4.88 Å². The third kappa shape index (κ3) is 2.68. The zero-order valence-corrected chi connectivity index (χ0v) is 13.6. The first-order chi connectivity index (χ1) is 11.8. The number of carbonyl (C=O) groups is 1. The summed E-state index contributed by atoms with van der Waals surface area (Å²) in [7, 11) is 0. The van der Waals surface area contributed by atoms with Gasteiger partial charge in [-0.3, -0.25) is 9.78 Å². The summed E-state index contributed by atoms with van der Waals surface area (Å²) in [6, 6.07) is 21.6. The Hall–Kier alpha value is -2.98. The van der Waals surface area contributed by atoms with Crippen molar-refractivity contribution < 1.29 is 4.79 Å². The molecule has 0 saturated heterocycles. The fourth-order valence-electron chi connectivity index (χ4n) is 2.71. The molecule has 4 heteroatoms. The number of aromatic nitrogens is 1. The molecule has 0 bridgehead atoms. The fourth-order valence-corrected chi connectivity index (χ4v) is 3.53. The van der Waals surface area contributed by atoms with Gasteiger partial charge in [-0.2, -0.15) is 0 Å². The standard InChI is InChI=1S/C20H14N2OS/c23-20(19-16(11-13-24-19)14-6-2-1-3-7-14)22-17-10-4-8-15-9-5-12-21-18(15)17/h1-13H,(H,22,23). The van der Waals surface area contributed by atoms with Crippen LogP contribution < -0.4 is 5.32 Å². The van der Waals surface area contributed by atoms with Crippen molar-refractivity contribution in [2.45, 2.75) is 0 Å². The maximum absolute atomic E-state index is 12.8. The number of pyridine rings is 1. The van der Waals surface area contributed by atoms with Crippen LogP contribution in [0.4, 0.5) is 5.69 Å². The minimum Gasteiger partial charge on any atom is -0.319 e. The minimum absolute atomic E-state index is 0.109. The van der Waals surface area contributed by atoms with Gasteiger partial charge in [-0.25, -0.2) is 0 Å². The number of hydrogen-bond acceptors (Lipinski definition) is 3. The lowest BCUT2D eigenvalue weighted by atomic mass is 10.1. The molecule has 0 aliphatic heterocycles. The number of nitrogens with one attached hydrogen (secondary N) is 1. The van der Waals surface area contributed by atoms with Gasteiger partial charge in [-0.05, 0) is 29.1 Å². The second-order valence-electron chi connectivity index (χ2n) is 5.36. The van der Waals surface area contributed by atoms with Crippen LogP contribution in [-0.4, -0.2) is 10.9 Å². The average molecular weight is 330 g/mol. The number of amides is 1. The molecule has 116 valence electrons. The summed E-state index contributed by atoms with van der Waals surface area (Å²) < 4.78 is 0. The van der Waals surface area contributed by atoms with Crippen LogP contribution in [0.15, 0.2) is 78.3 Å². The van der Waals surface area contributed by atoms with Gasteiger partial charge in [0.15, 0.2) is 0 Å². The fraction of sp³-hybridized carbons (Fsp3) is 0. The van der Waals surface area contributed by atoms with Gasteiger partial charge in [0.1, 0.15) is 0 Å². The van der Waals surface area contributed by atoms with Crippen molar-refractivity contribution >= 4 is 33.8 Å². The third-order valence-electron chi connectivity index (χ3n) is 3.84. The highest BCUT2D eigenvalue weighted by molar-refractivity contribution is 7.12. The van der Waals surface area contributed by atoms with E-state index >= 15 is 0 Å². The number of para-hydroxylation sites is 1. The molecule has 0 aliphatic rings. The summed E-state index contributed by atoms with van der Waals surface area (Å²) in [5, 5.41) is 5.95. The first-order valence-electron chi connectivity index (χ1n) is 7.61. The molecule has 4 rings (SSSR count). The third-order valence-corrected chi connectivity index (χ3v) is 4.75. The SMILES string of the molecule is O=C(Nc1cccc2cccnc12)c1sccc1-c1ccccc1. The van der Waals surface area contributed by atoms with E-state index in [4.69, 9.17) is 0 Å². The molecule has 0 saturated carbocycles. The van der Waals surface area contributed by atoms with E-state index < -0.39 is 0 Å². The molecule has 1 amide bonds. The van der Waals surface area contributed by atoms with Gasteiger partial charge in [0.05, 0.1) is 16.1 Å². The first-order valence-corrected chi connectivity index (χ1v) is 8.49. The van der Waals surface area contributed by atoms with Gasteiger partial charge in [0.2, 0.25) is 0 Å². The topological polar surface area (TPSA) is 42.0 Å². The molecule has 0 aliphatic carbocycles. The Kier molecular flexibility index (Phi) is 3.81. The summed E-state index contributed by atoms with van der Waals surface area (Å²) in [6.07, 6.45) is 1.73. The lowest BCUT2D eigenvalue weighted by Crippen LogP contribution is -2.11. The van der Waals surface area contributed by atoms with E-state index in [9.17, 15) is 4.79 Å². The van der Waals surface area contributed by atoms with Crippen LogP contribution in [-0.2, 0) is 0 Å². The van der Waals surface area contributed by atoms with Crippen molar-refractivity contribution in [1.29, 1.82) is 0 Å². The van der Waals surface area contributed by atoms with Crippen molar-refractivity contribution in [2.24, 2.45) is 0 Å². The zero-order valence-electron chi connectivity index (χ0n) is 12.8. The van der Waals surface area contributed by atoms with E-state index in [-0.39, 0.29) is 5.91 Å². The Bertz CT molecular complexity index is 1000. The van der Waals surface area contributed by atoms with Gasteiger partial charge in [0.25, 0.3) is 5.91 Å². The first kappa shape index (κ1) is 14.6. The molecule has 3 nitrogen and oxygen atoms in total. The van der Waals surface area contributed by atoms with Crippen LogP contribution in [0.5, 0.6) is 0 Å². The second kappa shape index (κ2) is 6.26. The van der Waals surface area contributed by atoms with Crippen molar-refractivity contribution in [2.75, 3.05) is 5.32 Å². The second-order valence-corrected chi connectivity index (χ2v) is 6.28. The number of rotatable bonds is 3. The Morgan fingerprint density at radius 1 is 0.917 bits per heavy atom. The van der Waals surface area contributed by atoms with E-state index in [2.05, 4.69) is 10.3 Å². The summed E-state index contributed by atoms with van der Waals surface area (Å²) in [6.45, 7) is 0. The van der Waals surface area contributed by atoms with Crippen LogP contribution in [0.2, 0.25) is 0 Å². The molecule has 0 spiro atoms. The highest BCUT2D eigenvalue weighted by Crippen LogP contribution is 2.29. The molecule has 4 aromatic rings. The monoisotopic (exact) mass is 330 g/mol. The minimum atomic E-state index is -0.109. The Labute approximate surface area is 143 Å². The zero-order chi connectivity index (χ0) is 16.4. The van der Waals surface area contributed by atoms with Gasteiger partial charge < -0.3 is 5.32 Å². The summed E-state index contributed by atoms with van der Waals surface area (Å²) in [5.74, 6) is -0.109. The van der Waals surface area contributed by atoms with Gasteiger partial charge in [0, 0.05) is 17.1 Å². The van der Waals surface area contributed by atoms with Gasteiger partial charge in [-0.1, -0.05) is 48.5 Å². The van der Waals surface area contributed by atoms with Crippen molar-refractivity contribution in [1.82, 2.24) is 4.98 Å². The number of nitrogens with zero attached hydrogens (tertiary/aromatic N) is 1. The highest BCUT2D eigenvalue weighted by Gasteiger charge is 2.15. The molecular weight excluding hydrogens is 316 g/mol. The lowest BCUT2D eigenvalue weighted by Gasteiger charge is -2.08. The average Bonchev–Trinajstić information content (AvgIpc) is 3.13. The summed E-state index contributed by atoms with van der Waals surface area (Å²) >= 11 is 1.44. The van der Waals surface area contributed by atoms with Gasteiger partial charge in [-0.15, -0.1) is 11.3 Å². The molecule has 0 fully saturated rings. The van der Waals surface area contributed by atoms with Crippen molar-refractivity contribution in [3.05, 3.63) is 83.2 Å². The molecule has 2 aromatic heterocycles. The maximum atomic E-state index is 12.8. The molecule has 2 aromatic carbocycles. The number of benzene rings is 2. The predicted molar refractivity (Wildman–Crippen MR) is 99.5 cm³/mol. The Morgan fingerprint density at radius 2 is 1.75 bits per heavy atom. The van der Waals surface area contributed by atoms with E-state index in [1.165, 1.54) is 11.3 Å². The van der Waals surface area contributed by atoms with Crippen molar-refractivity contribution in [3.8, 4) is 11.1 Å². The molecule has 24 heavy (non-hydrogen) atoms. The normalized spacial score (nSPS) is 10.7. The van der Waals surface area contributed by atoms with Crippen LogP contribution in [0.1, 0.15) is 9.67 Å². The molecule has 0 unspecified atom stereocenters. The van der Waals surface area contributed by atoms with Crippen LogP contribution in [0.25, 0.3) is 22.0 Å². The molecule has 0 radical (unpaired) electrons. The molecular formula is C20H14N2OS.